The third-order valence-electron chi connectivity index (χ3n) is 1.06. The normalized spacial score (nSPS) is 21.9. The summed E-state index contributed by atoms with van der Waals surface area (Å²) in [5.74, 6) is 0.623. The summed E-state index contributed by atoms with van der Waals surface area (Å²) in [6.07, 6.45) is 0. The number of hydrogen-bond acceptors (Lipinski definition) is 2. The Morgan fingerprint density at radius 1 is 1.71 bits per heavy atom. The van der Waals surface area contributed by atoms with Crippen molar-refractivity contribution in [3.63, 3.8) is 0 Å². The summed E-state index contributed by atoms with van der Waals surface area (Å²) in [6, 6.07) is 0. The van der Waals surface area contributed by atoms with Crippen LogP contribution in [-0.2, 0) is 9.47 Å². The molecule has 0 aromatic heterocycles. The fraction of sp³-hybridized carbons (Fsp3) is 0.800. The van der Waals surface area contributed by atoms with Gasteiger partial charge in [-0.05, 0) is 0 Å². The first-order valence-electron chi connectivity index (χ1n) is 2.38. The minimum Gasteiger partial charge on any atom is -0.381 e. The lowest BCUT2D eigenvalue weighted by Gasteiger charge is -2.24. The highest BCUT2D eigenvalue weighted by atomic mass is 16.5. The molecular formula is C5H9O2. The first-order valence-corrected chi connectivity index (χ1v) is 2.38. The quantitative estimate of drug-likeness (QED) is 0.502. The van der Waals surface area contributed by atoms with E-state index in [0.717, 1.165) is 19.8 Å². The molecule has 1 fully saturated rings. The minimum atomic E-state index is 0.623. The zero-order chi connectivity index (χ0) is 5.11. The van der Waals surface area contributed by atoms with Crippen molar-refractivity contribution in [2.75, 3.05) is 19.8 Å². The topological polar surface area (TPSA) is 18.5 Å². The van der Waals surface area contributed by atoms with Crippen LogP contribution in [0.2, 0.25) is 0 Å². The zero-order valence-electron chi connectivity index (χ0n) is 4.22. The van der Waals surface area contributed by atoms with Crippen LogP contribution in [0.4, 0.5) is 0 Å². The third-order valence-corrected chi connectivity index (χ3v) is 1.06. The zero-order valence-corrected chi connectivity index (χ0v) is 4.22. The second-order valence-electron chi connectivity index (χ2n) is 1.77. The largest absolute Gasteiger partial charge is 0.381 e. The molecule has 0 atom stereocenters. The van der Waals surface area contributed by atoms with Gasteiger partial charge in [-0.1, -0.05) is 0 Å². The molecule has 1 aliphatic heterocycles. The average Bonchev–Trinajstić information content (AvgIpc) is 1.55. The molecule has 1 saturated heterocycles. The summed E-state index contributed by atoms with van der Waals surface area (Å²) in [7, 11) is 3.25. The number of rotatable bonds is 2. The molecule has 1 heterocycles. The van der Waals surface area contributed by atoms with Crippen LogP contribution in [0.15, 0.2) is 0 Å². The summed E-state index contributed by atoms with van der Waals surface area (Å²) >= 11 is 0. The van der Waals surface area contributed by atoms with Gasteiger partial charge in [0.2, 0.25) is 0 Å². The van der Waals surface area contributed by atoms with E-state index < -0.39 is 0 Å². The SMILES string of the molecule is [CH2]OCC1COC1. The van der Waals surface area contributed by atoms with Crippen molar-refractivity contribution in [1.82, 2.24) is 0 Å². The van der Waals surface area contributed by atoms with E-state index in [1.165, 1.54) is 0 Å². The highest BCUT2D eigenvalue weighted by molar-refractivity contribution is 4.63. The van der Waals surface area contributed by atoms with Gasteiger partial charge in [0.25, 0.3) is 0 Å². The maximum absolute atomic E-state index is 4.88. The van der Waals surface area contributed by atoms with Crippen LogP contribution in [0.5, 0.6) is 0 Å². The first kappa shape index (κ1) is 5.06. The van der Waals surface area contributed by atoms with Crippen LogP contribution >= 0.6 is 0 Å². The second kappa shape index (κ2) is 2.28. The highest BCUT2D eigenvalue weighted by Gasteiger charge is 2.16. The van der Waals surface area contributed by atoms with E-state index in [-0.39, 0.29) is 0 Å². The van der Waals surface area contributed by atoms with Crippen molar-refractivity contribution in [1.29, 1.82) is 0 Å². The van der Waals surface area contributed by atoms with E-state index in [9.17, 15) is 0 Å². The van der Waals surface area contributed by atoms with Crippen molar-refractivity contribution >= 4 is 0 Å². The molecule has 1 aliphatic rings. The minimum absolute atomic E-state index is 0.623. The number of hydrogen-bond donors (Lipinski definition) is 0. The fourth-order valence-corrected chi connectivity index (χ4v) is 0.547. The molecular weight excluding hydrogens is 92.1 g/mol. The van der Waals surface area contributed by atoms with Gasteiger partial charge in [-0.15, -0.1) is 0 Å². The van der Waals surface area contributed by atoms with Gasteiger partial charge in [-0.2, -0.15) is 0 Å². The summed E-state index contributed by atoms with van der Waals surface area (Å²) in [6.45, 7) is 2.46. The van der Waals surface area contributed by atoms with Gasteiger partial charge in [0.15, 0.2) is 0 Å². The van der Waals surface area contributed by atoms with Crippen LogP contribution < -0.4 is 0 Å². The van der Waals surface area contributed by atoms with E-state index in [1.54, 1.807) is 0 Å². The molecule has 0 amide bonds. The second-order valence-corrected chi connectivity index (χ2v) is 1.77. The van der Waals surface area contributed by atoms with E-state index in [0.29, 0.717) is 5.92 Å². The highest BCUT2D eigenvalue weighted by Crippen LogP contribution is 2.08. The Labute approximate surface area is 43.4 Å². The molecule has 2 nitrogen and oxygen atoms in total. The summed E-state index contributed by atoms with van der Waals surface area (Å²) < 4.78 is 9.50. The lowest BCUT2D eigenvalue weighted by Crippen LogP contribution is -2.30. The number of ether oxygens (including phenoxy) is 2. The van der Waals surface area contributed by atoms with Gasteiger partial charge in [-0.25, -0.2) is 0 Å². The summed E-state index contributed by atoms with van der Waals surface area (Å²) in [4.78, 5) is 0. The molecule has 0 bridgehead atoms. The van der Waals surface area contributed by atoms with E-state index in [1.807, 2.05) is 0 Å². The van der Waals surface area contributed by atoms with Gasteiger partial charge in [0.1, 0.15) is 0 Å². The molecule has 0 aromatic carbocycles. The van der Waals surface area contributed by atoms with Gasteiger partial charge in [0, 0.05) is 5.92 Å². The summed E-state index contributed by atoms with van der Waals surface area (Å²) in [5, 5.41) is 0. The van der Waals surface area contributed by atoms with Crippen LogP contribution in [0.1, 0.15) is 0 Å². The molecule has 0 aromatic rings. The maximum Gasteiger partial charge on any atom is 0.0700 e. The molecule has 41 valence electrons. The molecule has 0 unspecified atom stereocenters. The Bertz CT molecular complexity index is 50.0. The van der Waals surface area contributed by atoms with Gasteiger partial charge in [-0.3, -0.25) is 0 Å². The third kappa shape index (κ3) is 1.14. The van der Waals surface area contributed by atoms with E-state index in [4.69, 9.17) is 4.74 Å². The van der Waals surface area contributed by atoms with Crippen LogP contribution in [-0.4, -0.2) is 19.8 Å². The van der Waals surface area contributed by atoms with Crippen molar-refractivity contribution in [3.8, 4) is 0 Å². The van der Waals surface area contributed by atoms with E-state index in [2.05, 4.69) is 11.8 Å². The van der Waals surface area contributed by atoms with Crippen molar-refractivity contribution < 1.29 is 9.47 Å². The van der Waals surface area contributed by atoms with Gasteiger partial charge in [0.05, 0.1) is 26.9 Å². The van der Waals surface area contributed by atoms with Crippen LogP contribution in [0, 0.1) is 13.0 Å². The first-order chi connectivity index (χ1) is 3.43. The van der Waals surface area contributed by atoms with Crippen LogP contribution in [0.25, 0.3) is 0 Å². The molecule has 0 N–H and O–H groups in total. The predicted octanol–water partition coefficient (Wildman–Crippen LogP) is 0.441. The monoisotopic (exact) mass is 101 g/mol. The Morgan fingerprint density at radius 3 is 2.57 bits per heavy atom. The summed E-state index contributed by atoms with van der Waals surface area (Å²) in [5.41, 5.74) is 0. The van der Waals surface area contributed by atoms with Crippen LogP contribution in [0.3, 0.4) is 0 Å². The molecule has 7 heavy (non-hydrogen) atoms. The molecule has 0 saturated carbocycles. The standard InChI is InChI=1S/C5H9O2/c1-6-2-5-3-7-4-5/h5H,1-4H2. The molecule has 2 heteroatoms. The van der Waals surface area contributed by atoms with Gasteiger partial charge < -0.3 is 9.47 Å². The molecule has 1 rings (SSSR count). The fourth-order valence-electron chi connectivity index (χ4n) is 0.547. The molecule has 0 aliphatic carbocycles. The van der Waals surface area contributed by atoms with Crippen molar-refractivity contribution in [3.05, 3.63) is 7.11 Å². The Hall–Kier alpha value is -0.0800. The predicted molar refractivity (Wildman–Crippen MR) is 25.6 cm³/mol. The molecule has 0 spiro atoms. The lowest BCUT2D eigenvalue weighted by molar-refractivity contribution is -0.0587. The van der Waals surface area contributed by atoms with Crippen molar-refractivity contribution in [2.24, 2.45) is 5.92 Å². The van der Waals surface area contributed by atoms with Crippen molar-refractivity contribution in [2.45, 2.75) is 0 Å². The Morgan fingerprint density at radius 2 is 2.43 bits per heavy atom. The Kier molecular flexibility index (Phi) is 1.65. The smallest absolute Gasteiger partial charge is 0.0700 e. The van der Waals surface area contributed by atoms with E-state index >= 15 is 0 Å². The van der Waals surface area contributed by atoms with Gasteiger partial charge >= 0.3 is 0 Å². The molecule has 1 radical (unpaired) electrons. The maximum atomic E-state index is 4.88. The average molecular weight is 101 g/mol. The lowest BCUT2D eigenvalue weighted by atomic mass is 10.1. The Balaban J connectivity index is 1.93.